The molecule has 3 heteroatoms. The quantitative estimate of drug-likeness (QED) is 0.716. The Labute approximate surface area is 148 Å². The first-order valence-electron chi connectivity index (χ1n) is 8.89. The number of hydrogen-bond acceptors (Lipinski definition) is 2. The summed E-state index contributed by atoms with van der Waals surface area (Å²) < 4.78 is 7.42. The van der Waals surface area contributed by atoms with E-state index in [0.717, 1.165) is 25.5 Å². The highest BCUT2D eigenvalue weighted by Gasteiger charge is 2.22. The molecule has 0 spiro atoms. The van der Waals surface area contributed by atoms with E-state index >= 15 is 0 Å². The van der Waals surface area contributed by atoms with Crippen molar-refractivity contribution in [3.63, 3.8) is 0 Å². The van der Waals surface area contributed by atoms with Crippen LogP contribution in [-0.4, -0.2) is 25.3 Å². The van der Waals surface area contributed by atoms with Crippen LogP contribution in [0.25, 0.3) is 0 Å². The molecular formula is C19H28INO. The molecule has 2 nitrogen and oxygen atoms in total. The Kier molecular flexibility index (Phi) is 6.57. The topological polar surface area (TPSA) is 21.3 Å². The van der Waals surface area contributed by atoms with E-state index in [4.69, 9.17) is 4.74 Å². The number of benzene rings is 1. The van der Waals surface area contributed by atoms with Gasteiger partial charge in [0.05, 0.1) is 12.7 Å². The molecule has 1 aromatic rings. The van der Waals surface area contributed by atoms with Crippen LogP contribution in [0.15, 0.2) is 24.3 Å². The summed E-state index contributed by atoms with van der Waals surface area (Å²) in [7, 11) is 0. The van der Waals surface area contributed by atoms with Crippen molar-refractivity contribution in [1.82, 2.24) is 5.32 Å². The molecule has 122 valence electrons. The van der Waals surface area contributed by atoms with Gasteiger partial charge in [-0.25, -0.2) is 0 Å². The number of nitrogens with one attached hydrogen (secondary N) is 1. The Morgan fingerprint density at radius 3 is 2.50 bits per heavy atom. The van der Waals surface area contributed by atoms with Crippen LogP contribution in [0, 0.1) is 9.49 Å². The zero-order chi connectivity index (χ0) is 15.2. The van der Waals surface area contributed by atoms with E-state index in [1.165, 1.54) is 54.1 Å². The smallest absolute Gasteiger partial charge is 0.0700 e. The van der Waals surface area contributed by atoms with Crippen molar-refractivity contribution in [3.05, 3.63) is 33.4 Å². The van der Waals surface area contributed by atoms with Gasteiger partial charge >= 0.3 is 0 Å². The highest BCUT2D eigenvalue weighted by Crippen LogP contribution is 2.28. The molecule has 1 heterocycles. The fourth-order valence-electron chi connectivity index (χ4n) is 3.79. The molecule has 2 aliphatic rings. The standard InChI is InChI=1S/C19H28INO/c20-17-9-6-16(7-10-17)12-18-14-22-19(13-21-18)11-8-15-4-2-1-3-5-15/h6-7,9-10,15,18-19,21H,1-5,8,11-14H2/t18-,19-/m1/s1. The van der Waals surface area contributed by atoms with Crippen molar-refractivity contribution in [2.24, 2.45) is 5.92 Å². The third kappa shape index (κ3) is 5.20. The van der Waals surface area contributed by atoms with Crippen molar-refractivity contribution < 1.29 is 4.74 Å². The molecule has 22 heavy (non-hydrogen) atoms. The molecule has 0 bridgehead atoms. The first-order valence-corrected chi connectivity index (χ1v) is 9.97. The number of ether oxygens (including phenoxy) is 1. The Bertz CT molecular complexity index is 433. The third-order valence-corrected chi connectivity index (χ3v) is 5.90. The molecule has 2 fully saturated rings. The number of halogens is 1. The molecule has 0 radical (unpaired) electrons. The van der Waals surface area contributed by atoms with Crippen LogP contribution in [0.3, 0.4) is 0 Å². The summed E-state index contributed by atoms with van der Waals surface area (Å²) in [6.07, 6.45) is 11.4. The van der Waals surface area contributed by atoms with Crippen LogP contribution >= 0.6 is 22.6 Å². The monoisotopic (exact) mass is 413 g/mol. The number of hydrogen-bond donors (Lipinski definition) is 1. The molecule has 1 aliphatic carbocycles. The van der Waals surface area contributed by atoms with Crippen molar-refractivity contribution in [2.45, 2.75) is 63.5 Å². The number of morpholine rings is 1. The van der Waals surface area contributed by atoms with Crippen LogP contribution in [-0.2, 0) is 11.2 Å². The lowest BCUT2D eigenvalue weighted by atomic mass is 9.85. The summed E-state index contributed by atoms with van der Waals surface area (Å²) in [6.45, 7) is 1.89. The zero-order valence-electron chi connectivity index (χ0n) is 13.4. The van der Waals surface area contributed by atoms with Crippen LogP contribution in [0.5, 0.6) is 0 Å². The molecular weight excluding hydrogens is 385 g/mol. The minimum Gasteiger partial charge on any atom is -0.375 e. The zero-order valence-corrected chi connectivity index (χ0v) is 15.6. The summed E-state index contributed by atoms with van der Waals surface area (Å²) in [5.74, 6) is 0.974. The maximum absolute atomic E-state index is 6.11. The van der Waals surface area contributed by atoms with Crippen molar-refractivity contribution in [3.8, 4) is 0 Å². The van der Waals surface area contributed by atoms with Crippen LogP contribution < -0.4 is 5.32 Å². The van der Waals surface area contributed by atoms with Gasteiger partial charge in [-0.05, 0) is 65.5 Å². The summed E-state index contributed by atoms with van der Waals surface area (Å²) in [4.78, 5) is 0. The third-order valence-electron chi connectivity index (χ3n) is 5.18. The van der Waals surface area contributed by atoms with E-state index in [9.17, 15) is 0 Å². The fourth-order valence-corrected chi connectivity index (χ4v) is 4.15. The lowest BCUT2D eigenvalue weighted by Gasteiger charge is -2.32. The Morgan fingerprint density at radius 1 is 1.05 bits per heavy atom. The second kappa shape index (κ2) is 8.65. The van der Waals surface area contributed by atoms with E-state index in [1.54, 1.807) is 0 Å². The van der Waals surface area contributed by atoms with Gasteiger partial charge in [0.2, 0.25) is 0 Å². The number of rotatable bonds is 5. The first kappa shape index (κ1) is 16.7. The van der Waals surface area contributed by atoms with Gasteiger partial charge < -0.3 is 10.1 Å². The van der Waals surface area contributed by atoms with Crippen molar-refractivity contribution in [1.29, 1.82) is 0 Å². The van der Waals surface area contributed by atoms with E-state index in [1.807, 2.05) is 0 Å². The summed E-state index contributed by atoms with van der Waals surface area (Å²) in [5, 5.41) is 3.69. The maximum atomic E-state index is 6.11. The normalized spacial score (nSPS) is 27.0. The molecule has 0 aromatic heterocycles. The predicted molar refractivity (Wildman–Crippen MR) is 100 cm³/mol. The van der Waals surface area contributed by atoms with Crippen LogP contribution in [0.1, 0.15) is 50.5 Å². The summed E-state index contributed by atoms with van der Waals surface area (Å²) in [6, 6.07) is 9.32. The van der Waals surface area contributed by atoms with Crippen molar-refractivity contribution in [2.75, 3.05) is 13.2 Å². The maximum Gasteiger partial charge on any atom is 0.0700 e. The largest absolute Gasteiger partial charge is 0.375 e. The average molecular weight is 413 g/mol. The Balaban J connectivity index is 1.36. The van der Waals surface area contributed by atoms with Gasteiger partial charge in [0.15, 0.2) is 0 Å². The van der Waals surface area contributed by atoms with Crippen LogP contribution in [0.4, 0.5) is 0 Å². The highest BCUT2D eigenvalue weighted by molar-refractivity contribution is 14.1. The van der Waals surface area contributed by atoms with Crippen molar-refractivity contribution >= 4 is 22.6 Å². The predicted octanol–water partition coefficient (Wildman–Crippen LogP) is 4.55. The molecule has 3 rings (SSSR count). The summed E-state index contributed by atoms with van der Waals surface area (Å²) >= 11 is 2.36. The minimum atomic E-state index is 0.440. The van der Waals surface area contributed by atoms with Gasteiger partial charge in [0.25, 0.3) is 0 Å². The molecule has 0 amide bonds. The van der Waals surface area contributed by atoms with E-state index in [0.29, 0.717) is 12.1 Å². The second-order valence-corrected chi connectivity index (χ2v) is 8.22. The molecule has 0 unspecified atom stereocenters. The second-order valence-electron chi connectivity index (χ2n) is 6.97. The molecule has 1 aromatic carbocycles. The first-order chi connectivity index (χ1) is 10.8. The SMILES string of the molecule is Ic1ccc(C[C@@H]2CO[C@H](CCC3CCCCC3)CN2)cc1. The van der Waals surface area contributed by atoms with Gasteiger partial charge in [-0.1, -0.05) is 44.2 Å². The van der Waals surface area contributed by atoms with E-state index in [2.05, 4.69) is 52.2 Å². The average Bonchev–Trinajstić information content (AvgIpc) is 2.57. The summed E-state index contributed by atoms with van der Waals surface area (Å²) in [5.41, 5.74) is 1.40. The molecule has 2 atom stereocenters. The molecule has 1 saturated heterocycles. The van der Waals surface area contributed by atoms with Gasteiger partial charge in [0.1, 0.15) is 0 Å². The lowest BCUT2D eigenvalue weighted by molar-refractivity contribution is -0.00391. The molecule has 1 aliphatic heterocycles. The Hall–Kier alpha value is -0.130. The molecule has 1 saturated carbocycles. The van der Waals surface area contributed by atoms with E-state index < -0.39 is 0 Å². The van der Waals surface area contributed by atoms with E-state index in [-0.39, 0.29) is 0 Å². The fraction of sp³-hybridized carbons (Fsp3) is 0.684. The highest BCUT2D eigenvalue weighted by atomic mass is 127. The minimum absolute atomic E-state index is 0.440. The lowest BCUT2D eigenvalue weighted by Crippen LogP contribution is -2.47. The van der Waals surface area contributed by atoms with Gasteiger partial charge in [-0.15, -0.1) is 0 Å². The van der Waals surface area contributed by atoms with Gasteiger partial charge in [-0.3, -0.25) is 0 Å². The molecule has 1 N–H and O–H groups in total. The Morgan fingerprint density at radius 2 is 1.82 bits per heavy atom. The van der Waals surface area contributed by atoms with Gasteiger partial charge in [0, 0.05) is 16.2 Å². The van der Waals surface area contributed by atoms with Crippen LogP contribution in [0.2, 0.25) is 0 Å². The van der Waals surface area contributed by atoms with Gasteiger partial charge in [-0.2, -0.15) is 0 Å².